The molecule has 3 N–H and O–H groups in total. The normalized spacial score (nSPS) is 19.8. The van der Waals surface area contributed by atoms with E-state index in [2.05, 4.69) is 5.32 Å². The maximum absolute atomic E-state index is 14.1. The van der Waals surface area contributed by atoms with Crippen LogP contribution in [-0.4, -0.2) is 125 Å². The smallest absolute Gasteiger partial charge is 0.410 e. The summed E-state index contributed by atoms with van der Waals surface area (Å²) >= 11 is 0. The van der Waals surface area contributed by atoms with Crippen molar-refractivity contribution in [3.63, 3.8) is 0 Å². The summed E-state index contributed by atoms with van der Waals surface area (Å²) < 4.78 is 6.03. The fourth-order valence-corrected chi connectivity index (χ4v) is 8.24. The largest absolute Gasteiger partial charge is 0.509 e. The van der Waals surface area contributed by atoms with Gasteiger partial charge in [-0.15, -0.1) is 0 Å². The van der Waals surface area contributed by atoms with E-state index >= 15 is 0 Å². The van der Waals surface area contributed by atoms with Gasteiger partial charge < -0.3 is 39.9 Å². The number of anilines is 1. The Balaban J connectivity index is 1.06. The van der Waals surface area contributed by atoms with Crippen molar-refractivity contribution in [2.75, 3.05) is 51.1 Å². The molecule has 0 unspecified atom stereocenters. The minimum absolute atomic E-state index is 0.0172. The molecule has 0 aliphatic carbocycles. The minimum Gasteiger partial charge on any atom is -0.509 e. The quantitative estimate of drug-likeness (QED) is 0.294. The topological polar surface area (TPSA) is 160 Å². The Labute approximate surface area is 299 Å². The first-order chi connectivity index (χ1) is 24.6. The molecule has 2 aromatic rings. The number of amides is 5. The highest BCUT2D eigenvalue weighted by molar-refractivity contribution is 6.53. The van der Waals surface area contributed by atoms with Crippen molar-refractivity contribution in [3.8, 4) is 5.75 Å². The summed E-state index contributed by atoms with van der Waals surface area (Å²) in [5.41, 5.74) is 3.48. The molecule has 51 heavy (non-hydrogen) atoms. The number of phenolic OH excluding ortho intramolecular Hbond substituents is 1. The number of benzene rings is 2. The second-order valence-corrected chi connectivity index (χ2v) is 14.2. The van der Waals surface area contributed by atoms with Gasteiger partial charge in [-0.2, -0.15) is 0 Å². The number of aromatic hydroxyl groups is 1. The number of piperidine rings is 3. The summed E-state index contributed by atoms with van der Waals surface area (Å²) in [6.07, 6.45) is 3.60. The molecular formula is C37H48BN5O8. The van der Waals surface area contributed by atoms with Crippen molar-refractivity contribution in [2.45, 2.75) is 70.3 Å². The van der Waals surface area contributed by atoms with Gasteiger partial charge in [0.25, 0.3) is 5.91 Å². The monoisotopic (exact) mass is 701 g/mol. The number of phenols is 1. The number of carboxylic acids is 1. The first-order valence-corrected chi connectivity index (χ1v) is 18.3. The lowest BCUT2D eigenvalue weighted by Crippen LogP contribution is -2.52. The minimum atomic E-state index is -1.42. The molecule has 4 aliphatic heterocycles. The van der Waals surface area contributed by atoms with Gasteiger partial charge >= 0.3 is 24.0 Å². The van der Waals surface area contributed by atoms with Crippen LogP contribution < -0.4 is 10.8 Å². The van der Waals surface area contributed by atoms with Crippen molar-refractivity contribution >= 4 is 48.3 Å². The fourth-order valence-electron chi connectivity index (χ4n) is 8.24. The molecule has 6 rings (SSSR count). The molecule has 14 heteroatoms. The lowest BCUT2D eigenvalue weighted by molar-refractivity contribution is -0.156. The molecule has 0 spiro atoms. The number of fused-ring (bicyclic) bond motifs is 1. The molecule has 0 radical (unpaired) electrons. The fraction of sp³-hybridized carbons (Fsp3) is 0.541. The van der Waals surface area contributed by atoms with Crippen LogP contribution in [0.2, 0.25) is 6.82 Å². The molecule has 0 saturated carbocycles. The molecule has 3 saturated heterocycles. The zero-order chi connectivity index (χ0) is 36.1. The SMILES string of the molecule is CBc1cc(C[C@@H](OC(=O)N2CCC(N3CCc4ccccc4NC3=O)CC2)C(=O)N2CCC(C3CCN(C(=O)C(=O)O)CC3)CC2)ccc1O. The highest BCUT2D eigenvalue weighted by atomic mass is 16.6. The van der Waals surface area contributed by atoms with E-state index in [9.17, 15) is 29.1 Å². The highest BCUT2D eigenvalue weighted by Gasteiger charge is 2.37. The number of carbonyl (C=O) groups is 5. The lowest BCUT2D eigenvalue weighted by atomic mass is 9.72. The zero-order valence-corrected chi connectivity index (χ0v) is 29.3. The van der Waals surface area contributed by atoms with Crippen LogP contribution >= 0.6 is 0 Å². The Kier molecular flexibility index (Phi) is 11.4. The number of likely N-dealkylation sites (tertiary alicyclic amines) is 3. The summed E-state index contributed by atoms with van der Waals surface area (Å²) in [5, 5.41) is 22.3. The van der Waals surface area contributed by atoms with E-state index in [4.69, 9.17) is 9.84 Å². The van der Waals surface area contributed by atoms with E-state index < -0.39 is 24.1 Å². The van der Waals surface area contributed by atoms with Gasteiger partial charge in [-0.25, -0.2) is 14.4 Å². The molecule has 1 atom stereocenters. The molecule has 5 amide bonds. The van der Waals surface area contributed by atoms with Crippen LogP contribution in [0.15, 0.2) is 42.5 Å². The van der Waals surface area contributed by atoms with Gasteiger partial charge in [-0.3, -0.25) is 9.59 Å². The average molecular weight is 702 g/mol. The van der Waals surface area contributed by atoms with Gasteiger partial charge in [-0.05, 0) is 85.5 Å². The number of hydrogen-bond donors (Lipinski definition) is 3. The number of para-hydroxylation sites is 1. The number of aliphatic carboxylic acids is 1. The van der Waals surface area contributed by atoms with Crippen molar-refractivity contribution < 1.29 is 38.9 Å². The molecule has 4 aliphatic rings. The van der Waals surface area contributed by atoms with Crippen LogP contribution in [0.25, 0.3) is 0 Å². The molecule has 2 aromatic carbocycles. The van der Waals surface area contributed by atoms with E-state index in [1.165, 1.54) is 4.90 Å². The predicted octanol–water partition coefficient (Wildman–Crippen LogP) is 2.67. The standard InChI is InChI=1S/C37H48BN5O8/c1-38-29-22-24(6-7-31(29)44)23-32(33(45)40-15-8-25(9-16-40)26-10-17-41(18-11-26)34(46)35(47)48)51-37(50)42-19-13-28(14-20-42)43-21-12-27-4-2-3-5-30(27)39-36(43)49/h2-7,22,25-26,28,32,38,44H,8-21,23H2,1H3,(H,39,49)(H,47,48)/t32-/m1/s1. The number of hydrogen-bond acceptors (Lipinski definition) is 7. The summed E-state index contributed by atoms with van der Waals surface area (Å²) in [6.45, 7) is 5.25. The maximum atomic E-state index is 14.1. The maximum Gasteiger partial charge on any atom is 0.410 e. The number of carbonyl (C=O) groups excluding carboxylic acids is 4. The molecule has 272 valence electrons. The van der Waals surface area contributed by atoms with Crippen molar-refractivity contribution in [2.24, 2.45) is 11.8 Å². The Morgan fingerprint density at radius 1 is 0.863 bits per heavy atom. The Morgan fingerprint density at radius 3 is 2.14 bits per heavy atom. The number of carboxylic acid groups (broad SMARTS) is 1. The molecule has 4 heterocycles. The van der Waals surface area contributed by atoms with E-state index in [0.29, 0.717) is 77.8 Å². The second-order valence-electron chi connectivity index (χ2n) is 14.2. The number of nitrogens with zero attached hydrogens (tertiary/aromatic N) is 4. The van der Waals surface area contributed by atoms with Crippen LogP contribution in [0.4, 0.5) is 15.3 Å². The third-order valence-corrected chi connectivity index (χ3v) is 11.3. The number of nitrogens with one attached hydrogen (secondary N) is 1. The summed E-state index contributed by atoms with van der Waals surface area (Å²) in [6, 6.07) is 12.9. The molecule has 13 nitrogen and oxygen atoms in total. The Morgan fingerprint density at radius 2 is 1.49 bits per heavy atom. The van der Waals surface area contributed by atoms with Crippen LogP contribution in [0, 0.1) is 11.8 Å². The Hall–Kier alpha value is -4.75. The van der Waals surface area contributed by atoms with Gasteiger partial charge in [0.05, 0.1) is 0 Å². The van der Waals surface area contributed by atoms with Crippen LogP contribution in [-0.2, 0) is 32.0 Å². The number of urea groups is 1. The van der Waals surface area contributed by atoms with E-state index in [-0.39, 0.29) is 30.2 Å². The van der Waals surface area contributed by atoms with Gasteiger partial charge in [0.15, 0.2) is 13.4 Å². The predicted molar refractivity (Wildman–Crippen MR) is 191 cm³/mol. The van der Waals surface area contributed by atoms with Crippen LogP contribution in [0.1, 0.15) is 49.7 Å². The summed E-state index contributed by atoms with van der Waals surface area (Å²) in [7, 11) is 0.616. The van der Waals surface area contributed by atoms with Gasteiger partial charge in [0.2, 0.25) is 0 Å². The van der Waals surface area contributed by atoms with Crippen LogP contribution in [0.5, 0.6) is 5.75 Å². The van der Waals surface area contributed by atoms with E-state index in [1.807, 2.05) is 42.1 Å². The first-order valence-electron chi connectivity index (χ1n) is 18.3. The second kappa shape index (κ2) is 16.1. The highest BCUT2D eigenvalue weighted by Crippen LogP contribution is 2.33. The Bertz CT molecular complexity index is 1620. The third kappa shape index (κ3) is 8.42. The van der Waals surface area contributed by atoms with E-state index in [1.54, 1.807) is 21.9 Å². The zero-order valence-electron chi connectivity index (χ0n) is 29.3. The molecule has 0 aromatic heterocycles. The average Bonchev–Trinajstić information content (AvgIpc) is 3.32. The number of ether oxygens (including phenoxy) is 1. The third-order valence-electron chi connectivity index (χ3n) is 11.3. The number of rotatable bonds is 7. The van der Waals surface area contributed by atoms with E-state index in [0.717, 1.165) is 54.4 Å². The van der Waals surface area contributed by atoms with Crippen molar-refractivity contribution in [1.29, 1.82) is 0 Å². The van der Waals surface area contributed by atoms with Gasteiger partial charge in [-0.1, -0.05) is 37.2 Å². The van der Waals surface area contributed by atoms with Gasteiger partial charge in [0.1, 0.15) is 5.75 Å². The summed E-state index contributed by atoms with van der Waals surface area (Å²) in [4.78, 5) is 70.4. The van der Waals surface area contributed by atoms with Gasteiger partial charge in [0, 0.05) is 64.0 Å². The molecule has 0 bridgehead atoms. The first kappa shape index (κ1) is 36.1. The van der Waals surface area contributed by atoms with Crippen molar-refractivity contribution in [1.82, 2.24) is 19.6 Å². The molecular weight excluding hydrogens is 653 g/mol. The van der Waals surface area contributed by atoms with Crippen molar-refractivity contribution in [3.05, 3.63) is 53.6 Å². The molecule has 3 fully saturated rings. The summed E-state index contributed by atoms with van der Waals surface area (Å²) in [5.74, 6) is -1.61. The van der Waals surface area contributed by atoms with Crippen LogP contribution in [0.3, 0.4) is 0 Å². The lowest BCUT2D eigenvalue weighted by Gasteiger charge is -2.40.